The summed E-state index contributed by atoms with van der Waals surface area (Å²) in [6, 6.07) is 1.64. The third-order valence-corrected chi connectivity index (χ3v) is 3.36. The summed E-state index contributed by atoms with van der Waals surface area (Å²) < 4.78 is 0. The number of carbonyl (C=O) groups excluding carboxylic acids is 2. The molecular formula is C18H20CuN6O14. The smallest absolute Gasteiger partial charge is 0.867 e. The largest absolute Gasteiger partial charge is 2.00 e. The summed E-state index contributed by atoms with van der Waals surface area (Å²) in [5.41, 5.74) is -6.28. The van der Waals surface area contributed by atoms with E-state index in [-0.39, 0.29) is 17.1 Å². The van der Waals surface area contributed by atoms with E-state index < -0.39 is 77.0 Å². The van der Waals surface area contributed by atoms with Gasteiger partial charge in [0.25, 0.3) is 22.7 Å². The number of aromatic carboxylic acids is 2. The van der Waals surface area contributed by atoms with Crippen molar-refractivity contribution in [3.8, 4) is 11.5 Å². The van der Waals surface area contributed by atoms with Crippen molar-refractivity contribution < 1.29 is 77.4 Å². The molecule has 0 fully saturated rings. The Morgan fingerprint density at radius 1 is 0.590 bits per heavy atom. The molecule has 217 valence electrons. The Kier molecular flexibility index (Phi) is 18.1. The molecule has 2 rings (SSSR count). The van der Waals surface area contributed by atoms with Crippen molar-refractivity contribution in [1.82, 2.24) is 0 Å². The minimum Gasteiger partial charge on any atom is -0.867 e. The van der Waals surface area contributed by atoms with Crippen LogP contribution in [0.15, 0.2) is 24.3 Å². The number of carboxylic acid groups (broad SMARTS) is 2. The average Bonchev–Trinajstić information content (AvgIpc) is 2.79. The number of quaternary nitrogens is 2. The fourth-order valence-corrected chi connectivity index (χ4v) is 1.98. The number of benzene rings is 2. The van der Waals surface area contributed by atoms with Crippen LogP contribution < -0.4 is 31.1 Å². The minimum absolute atomic E-state index is 0. The van der Waals surface area contributed by atoms with Crippen LogP contribution in [-0.4, -0.2) is 59.8 Å². The van der Waals surface area contributed by atoms with Crippen molar-refractivity contribution in [3.05, 3.63) is 75.8 Å². The normalized spacial score (nSPS) is 8.92. The van der Waals surface area contributed by atoms with Crippen LogP contribution in [0.1, 0.15) is 20.7 Å². The monoisotopic (exact) mass is 607 g/mol. The molecule has 0 saturated carbocycles. The molecule has 0 atom stereocenters. The molecular weight excluding hydrogens is 588 g/mol. The fourth-order valence-electron chi connectivity index (χ4n) is 1.98. The molecule has 0 spiro atoms. The number of nitrogens with zero attached hydrogens (tertiary/aromatic N) is 4. The number of hydrogen-bond donors (Lipinski definition) is 2. The molecule has 20 nitrogen and oxygen atoms in total. The number of carboxylic acids is 2. The maximum absolute atomic E-state index is 11.1. The molecule has 0 aliphatic carbocycles. The van der Waals surface area contributed by atoms with E-state index >= 15 is 0 Å². The van der Waals surface area contributed by atoms with Crippen molar-refractivity contribution in [1.29, 1.82) is 0 Å². The first-order valence-corrected chi connectivity index (χ1v) is 9.70. The van der Waals surface area contributed by atoms with Crippen LogP contribution in [0.3, 0.4) is 0 Å². The first kappa shape index (κ1) is 38.5. The fraction of sp³-hybridized carbons (Fsp3) is 0.222. The van der Waals surface area contributed by atoms with E-state index in [4.69, 9.17) is 0 Å². The van der Waals surface area contributed by atoms with Gasteiger partial charge in [-0.3, -0.25) is 40.5 Å². The molecule has 1 radical (unpaired) electrons. The second-order valence-electron chi connectivity index (χ2n) is 6.44. The molecule has 0 aliphatic rings. The molecule has 21 heteroatoms. The predicted molar refractivity (Wildman–Crippen MR) is 115 cm³/mol. The van der Waals surface area contributed by atoms with Crippen LogP contribution >= 0.6 is 0 Å². The molecule has 0 aliphatic heterocycles. The van der Waals surface area contributed by atoms with Crippen LogP contribution in [0.4, 0.5) is 22.7 Å². The second-order valence-corrected chi connectivity index (χ2v) is 6.44. The SMILES string of the molecule is C[NH2+]C.C[NH2+]C.O=C([O-])c1cc([N+](=O)[O-])cc([N+](=O)[O-])c1[O-].O=C([O-])c1cc([N+](=O)[O-])cc([N+](=O)[O-])c1[O-].[Cu+2]. The molecule has 2 aromatic rings. The van der Waals surface area contributed by atoms with E-state index in [2.05, 4.69) is 0 Å². The maximum Gasteiger partial charge on any atom is 2.00 e. The minimum atomic E-state index is -2.00. The van der Waals surface area contributed by atoms with Gasteiger partial charge in [-0.25, -0.2) is 0 Å². The average molecular weight is 608 g/mol. The van der Waals surface area contributed by atoms with Crippen molar-refractivity contribution in [2.24, 2.45) is 0 Å². The number of non-ortho nitro benzene ring substituents is 2. The molecule has 39 heavy (non-hydrogen) atoms. The van der Waals surface area contributed by atoms with Gasteiger partial charge in [0.1, 0.15) is 0 Å². The summed E-state index contributed by atoms with van der Waals surface area (Å²) >= 11 is 0. The van der Waals surface area contributed by atoms with Crippen LogP contribution in [0, 0.1) is 40.5 Å². The van der Waals surface area contributed by atoms with E-state index in [1.54, 1.807) is 0 Å². The van der Waals surface area contributed by atoms with E-state index in [9.17, 15) is 70.5 Å². The first-order chi connectivity index (χ1) is 17.5. The Morgan fingerprint density at radius 2 is 0.821 bits per heavy atom. The van der Waals surface area contributed by atoms with Crippen LogP contribution in [0.5, 0.6) is 11.5 Å². The number of carbonyl (C=O) groups is 2. The summed E-state index contributed by atoms with van der Waals surface area (Å²) in [5.74, 6) is -6.85. The topological polar surface area (TPSA) is 332 Å². The van der Waals surface area contributed by atoms with Gasteiger partial charge in [0.05, 0.1) is 72.0 Å². The summed E-state index contributed by atoms with van der Waals surface area (Å²) in [6.45, 7) is 0. The molecule has 0 bridgehead atoms. The quantitative estimate of drug-likeness (QED) is 0.177. The van der Waals surface area contributed by atoms with Gasteiger partial charge in [-0.15, -0.1) is 0 Å². The van der Waals surface area contributed by atoms with Crippen molar-refractivity contribution in [2.75, 3.05) is 28.2 Å². The summed E-state index contributed by atoms with van der Waals surface area (Å²) in [7, 11) is 8.00. The molecule has 0 amide bonds. The van der Waals surface area contributed by atoms with E-state index in [0.717, 1.165) is 0 Å². The number of rotatable bonds is 6. The zero-order valence-electron chi connectivity index (χ0n) is 20.3. The number of nitro groups is 4. The molecule has 0 aromatic heterocycles. The van der Waals surface area contributed by atoms with Gasteiger partial charge in [0.15, 0.2) is 0 Å². The first-order valence-electron chi connectivity index (χ1n) is 9.70. The van der Waals surface area contributed by atoms with Gasteiger partial charge in [0.2, 0.25) is 0 Å². The number of nitro benzene ring substituents is 4. The third-order valence-electron chi connectivity index (χ3n) is 3.36. The Morgan fingerprint density at radius 3 is 0.974 bits per heavy atom. The van der Waals surface area contributed by atoms with Gasteiger partial charge < -0.3 is 40.6 Å². The molecule has 0 saturated heterocycles. The summed E-state index contributed by atoms with van der Waals surface area (Å²) in [5, 5.41) is 88.5. The van der Waals surface area contributed by atoms with Crippen molar-refractivity contribution in [3.63, 3.8) is 0 Å². The van der Waals surface area contributed by atoms with Gasteiger partial charge in [-0.05, 0) is 11.5 Å². The molecule has 2 aromatic carbocycles. The van der Waals surface area contributed by atoms with E-state index in [1.165, 1.54) is 0 Å². The second kappa shape index (κ2) is 18.3. The van der Waals surface area contributed by atoms with Crippen LogP contribution in [0.2, 0.25) is 0 Å². The zero-order chi connectivity index (χ0) is 30.3. The maximum atomic E-state index is 11.1. The van der Waals surface area contributed by atoms with Crippen LogP contribution in [0.25, 0.3) is 0 Å². The summed E-state index contributed by atoms with van der Waals surface area (Å²) in [6.07, 6.45) is 0. The molecule has 0 heterocycles. The van der Waals surface area contributed by atoms with Crippen molar-refractivity contribution >= 4 is 34.7 Å². The Balaban J connectivity index is -0.000000541. The summed E-state index contributed by atoms with van der Waals surface area (Å²) in [4.78, 5) is 57.7. The van der Waals surface area contributed by atoms with E-state index in [1.807, 2.05) is 38.8 Å². The van der Waals surface area contributed by atoms with E-state index in [0.29, 0.717) is 24.3 Å². The Bertz CT molecular complexity index is 1060. The van der Waals surface area contributed by atoms with Gasteiger partial charge in [-0.1, -0.05) is 0 Å². The van der Waals surface area contributed by atoms with Gasteiger partial charge >= 0.3 is 17.1 Å². The van der Waals surface area contributed by atoms with Crippen LogP contribution in [-0.2, 0) is 17.1 Å². The Hall–Kier alpha value is -4.98. The van der Waals surface area contributed by atoms with Gasteiger partial charge in [-0.2, -0.15) is 0 Å². The number of nitrogens with two attached hydrogens (primary N) is 2. The Labute approximate surface area is 228 Å². The molecule has 4 N–H and O–H groups in total. The van der Waals surface area contributed by atoms with Gasteiger partial charge in [0, 0.05) is 23.3 Å². The standard InChI is InChI=1S/2C7H4N2O7.2C2H7N.Cu/c2*10-6-4(7(11)12)1-3(8(13)14)2-5(6)9(15)16;2*1-3-2;/h2*1-2,10H,(H,11,12);2*3H,1-2H3;/q;;;;+2/p-2. The molecule has 0 unspecified atom stereocenters. The predicted octanol–water partition coefficient (Wildman–Crippen LogP) is -4.50. The third kappa shape index (κ3) is 12.2. The number of hydrogen-bond acceptors (Lipinski definition) is 14. The zero-order valence-corrected chi connectivity index (χ0v) is 21.2. The van der Waals surface area contributed by atoms with Crippen molar-refractivity contribution in [2.45, 2.75) is 0 Å².